The summed E-state index contributed by atoms with van der Waals surface area (Å²) in [5.41, 5.74) is 2.38. The zero-order valence-corrected chi connectivity index (χ0v) is 9.42. The lowest BCUT2D eigenvalue weighted by Crippen LogP contribution is -2.27. The van der Waals surface area contributed by atoms with Crippen molar-refractivity contribution in [2.75, 3.05) is 11.9 Å². The Morgan fingerprint density at radius 2 is 2.07 bits per heavy atom. The summed E-state index contributed by atoms with van der Waals surface area (Å²) < 4.78 is 5.62. The van der Waals surface area contributed by atoms with Gasteiger partial charge in [0.2, 0.25) is 0 Å². The second-order valence-corrected chi connectivity index (χ2v) is 3.31. The van der Waals surface area contributed by atoms with Crippen LogP contribution in [0.5, 0.6) is 5.75 Å². The minimum absolute atomic E-state index is 0.278. The molecule has 0 fully saturated rings. The van der Waals surface area contributed by atoms with Crippen molar-refractivity contribution in [1.82, 2.24) is 0 Å². The molecule has 0 saturated carbocycles. The molecular weight excluding hydrogens is 174 g/mol. The molecule has 0 aliphatic carbocycles. The number of anilines is 1. The van der Waals surface area contributed by atoms with Gasteiger partial charge in [-0.05, 0) is 31.5 Å². The molecule has 1 aromatic rings. The van der Waals surface area contributed by atoms with Gasteiger partial charge in [0, 0.05) is 0 Å². The number of hydrogen-bond acceptors (Lipinski definition) is 2. The fourth-order valence-electron chi connectivity index (χ4n) is 1.40. The van der Waals surface area contributed by atoms with Crippen LogP contribution in [0, 0.1) is 6.92 Å². The zero-order valence-electron chi connectivity index (χ0n) is 9.42. The first-order valence-corrected chi connectivity index (χ1v) is 5.27. The number of benzene rings is 1. The van der Waals surface area contributed by atoms with Crippen LogP contribution in [0.3, 0.4) is 0 Å². The highest BCUT2D eigenvalue weighted by molar-refractivity contribution is 5.59. The molecule has 2 nitrogen and oxygen atoms in total. The Labute approximate surface area is 86.3 Å². The lowest BCUT2D eigenvalue weighted by atomic mass is 10.2. The lowest BCUT2D eigenvalue weighted by molar-refractivity contribution is 0.226. The largest absolute Gasteiger partial charge is 0.487 e. The molecular formula is C12H19NO. The lowest BCUT2D eigenvalue weighted by Gasteiger charge is -2.24. The molecule has 14 heavy (non-hydrogen) atoms. The fraction of sp³-hybridized carbons (Fsp3) is 0.500. The normalized spacial score (nSPS) is 18.1. The third-order valence-electron chi connectivity index (χ3n) is 2.04. The fourth-order valence-corrected chi connectivity index (χ4v) is 1.40. The maximum atomic E-state index is 5.62. The predicted molar refractivity (Wildman–Crippen MR) is 61.1 cm³/mol. The van der Waals surface area contributed by atoms with Crippen LogP contribution in [-0.4, -0.2) is 12.6 Å². The van der Waals surface area contributed by atoms with Crippen LogP contribution >= 0.6 is 0 Å². The van der Waals surface area contributed by atoms with E-state index in [-0.39, 0.29) is 6.10 Å². The van der Waals surface area contributed by atoms with Gasteiger partial charge >= 0.3 is 0 Å². The number of hydrogen-bond donors (Lipinski definition) is 1. The van der Waals surface area contributed by atoms with E-state index in [2.05, 4.69) is 31.3 Å². The maximum absolute atomic E-state index is 5.62. The van der Waals surface area contributed by atoms with Crippen molar-refractivity contribution >= 4 is 5.69 Å². The van der Waals surface area contributed by atoms with Crippen molar-refractivity contribution in [1.29, 1.82) is 0 Å². The average Bonchev–Trinajstić information content (AvgIpc) is 2.21. The van der Waals surface area contributed by atoms with E-state index in [9.17, 15) is 0 Å². The number of rotatable bonds is 0. The van der Waals surface area contributed by atoms with Crippen molar-refractivity contribution < 1.29 is 4.74 Å². The van der Waals surface area contributed by atoms with Crippen LogP contribution < -0.4 is 10.1 Å². The highest BCUT2D eigenvalue weighted by Gasteiger charge is 2.14. The van der Waals surface area contributed by atoms with E-state index in [0.29, 0.717) is 0 Å². The smallest absolute Gasteiger partial charge is 0.142 e. The molecule has 1 N–H and O–H groups in total. The monoisotopic (exact) mass is 193 g/mol. The Kier molecular flexibility index (Phi) is 3.81. The topological polar surface area (TPSA) is 21.3 Å². The molecule has 0 aromatic heterocycles. The van der Waals surface area contributed by atoms with Crippen molar-refractivity contribution in [3.05, 3.63) is 23.8 Å². The first-order valence-electron chi connectivity index (χ1n) is 5.27. The molecule has 1 unspecified atom stereocenters. The van der Waals surface area contributed by atoms with E-state index in [1.54, 1.807) is 0 Å². The van der Waals surface area contributed by atoms with Crippen LogP contribution in [0.2, 0.25) is 0 Å². The van der Waals surface area contributed by atoms with Gasteiger partial charge < -0.3 is 10.1 Å². The molecule has 1 atom stereocenters. The molecule has 1 aromatic carbocycles. The summed E-state index contributed by atoms with van der Waals surface area (Å²) in [7, 11) is 0. The minimum atomic E-state index is 0.278. The summed E-state index contributed by atoms with van der Waals surface area (Å²) in [6, 6.07) is 6.20. The van der Waals surface area contributed by atoms with E-state index in [0.717, 1.165) is 18.0 Å². The van der Waals surface area contributed by atoms with Gasteiger partial charge in [-0.3, -0.25) is 0 Å². The summed E-state index contributed by atoms with van der Waals surface area (Å²) >= 11 is 0. The highest BCUT2D eigenvalue weighted by atomic mass is 16.5. The molecule has 1 aliphatic heterocycles. The molecule has 2 heteroatoms. The SMILES string of the molecule is CC.Cc1ccc2c(c1)NCC(C)O2. The standard InChI is InChI=1S/C10H13NO.C2H6/c1-7-3-4-10-9(5-7)11-6-8(2)12-10;1-2/h3-5,8,11H,6H2,1-2H3;1-2H3. The second-order valence-electron chi connectivity index (χ2n) is 3.31. The first kappa shape index (κ1) is 10.9. The van der Waals surface area contributed by atoms with E-state index < -0.39 is 0 Å². The van der Waals surface area contributed by atoms with Gasteiger partial charge in [-0.2, -0.15) is 0 Å². The molecule has 0 amide bonds. The Bertz CT molecular complexity index is 296. The molecule has 1 aliphatic rings. The van der Waals surface area contributed by atoms with E-state index in [1.165, 1.54) is 5.56 Å². The van der Waals surface area contributed by atoms with Crippen molar-refractivity contribution in [2.24, 2.45) is 0 Å². The van der Waals surface area contributed by atoms with Gasteiger partial charge in [-0.15, -0.1) is 0 Å². The summed E-state index contributed by atoms with van der Waals surface area (Å²) in [6.45, 7) is 9.05. The molecule has 0 radical (unpaired) electrons. The molecule has 2 rings (SSSR count). The predicted octanol–water partition coefficient (Wildman–Crippen LogP) is 3.21. The van der Waals surface area contributed by atoms with Gasteiger partial charge in [0.15, 0.2) is 0 Å². The van der Waals surface area contributed by atoms with E-state index >= 15 is 0 Å². The van der Waals surface area contributed by atoms with E-state index in [1.807, 2.05) is 19.9 Å². The number of nitrogens with one attached hydrogen (secondary N) is 1. The molecule has 0 bridgehead atoms. The van der Waals surface area contributed by atoms with Crippen LogP contribution in [-0.2, 0) is 0 Å². The molecule has 0 spiro atoms. The van der Waals surface area contributed by atoms with Gasteiger partial charge in [0.1, 0.15) is 11.9 Å². The summed E-state index contributed by atoms with van der Waals surface area (Å²) in [4.78, 5) is 0. The van der Waals surface area contributed by atoms with Crippen LogP contribution in [0.25, 0.3) is 0 Å². The van der Waals surface area contributed by atoms with Crippen molar-refractivity contribution in [3.8, 4) is 5.75 Å². The minimum Gasteiger partial charge on any atom is -0.487 e. The third kappa shape index (κ3) is 2.41. The summed E-state index contributed by atoms with van der Waals surface area (Å²) in [5, 5.41) is 3.33. The number of fused-ring (bicyclic) bond motifs is 1. The molecule has 0 saturated heterocycles. The van der Waals surface area contributed by atoms with E-state index in [4.69, 9.17) is 4.74 Å². The Morgan fingerprint density at radius 1 is 1.36 bits per heavy atom. The summed E-state index contributed by atoms with van der Waals surface area (Å²) in [5.74, 6) is 0.972. The van der Waals surface area contributed by atoms with Crippen LogP contribution in [0.1, 0.15) is 26.3 Å². The van der Waals surface area contributed by atoms with Crippen LogP contribution in [0.15, 0.2) is 18.2 Å². The van der Waals surface area contributed by atoms with Gasteiger partial charge in [0.05, 0.1) is 12.2 Å². The quantitative estimate of drug-likeness (QED) is 0.683. The van der Waals surface area contributed by atoms with Crippen molar-refractivity contribution in [2.45, 2.75) is 33.8 Å². The Morgan fingerprint density at radius 3 is 2.79 bits per heavy atom. The third-order valence-corrected chi connectivity index (χ3v) is 2.04. The average molecular weight is 193 g/mol. The summed E-state index contributed by atoms with van der Waals surface area (Å²) in [6.07, 6.45) is 0.278. The first-order chi connectivity index (χ1) is 6.75. The molecule has 1 heterocycles. The zero-order chi connectivity index (χ0) is 10.6. The van der Waals surface area contributed by atoms with Gasteiger partial charge in [-0.25, -0.2) is 0 Å². The number of ether oxygens (including phenoxy) is 1. The van der Waals surface area contributed by atoms with Crippen LogP contribution in [0.4, 0.5) is 5.69 Å². The number of aryl methyl sites for hydroxylation is 1. The van der Waals surface area contributed by atoms with Gasteiger partial charge in [-0.1, -0.05) is 19.9 Å². The maximum Gasteiger partial charge on any atom is 0.142 e. The highest BCUT2D eigenvalue weighted by Crippen LogP contribution is 2.29. The second kappa shape index (κ2) is 4.89. The Hall–Kier alpha value is -1.18. The van der Waals surface area contributed by atoms with Gasteiger partial charge in [0.25, 0.3) is 0 Å². The molecule has 78 valence electrons. The van der Waals surface area contributed by atoms with Crippen molar-refractivity contribution in [3.63, 3.8) is 0 Å². The Balaban J connectivity index is 0.000000461.